The maximum atomic E-state index is 13.2. The molecular formula is C23H31F3N4O4. The summed E-state index contributed by atoms with van der Waals surface area (Å²) in [4.78, 5) is 27.7. The quantitative estimate of drug-likeness (QED) is 0.554. The van der Waals surface area contributed by atoms with Crippen molar-refractivity contribution in [3.63, 3.8) is 0 Å². The highest BCUT2D eigenvalue weighted by Gasteiger charge is 2.32. The molecule has 1 amide bonds. The van der Waals surface area contributed by atoms with Crippen LogP contribution in [0.1, 0.15) is 50.8 Å². The summed E-state index contributed by atoms with van der Waals surface area (Å²) in [5.74, 6) is -0.819. The molecule has 34 heavy (non-hydrogen) atoms. The number of alkyl halides is 3. The summed E-state index contributed by atoms with van der Waals surface area (Å²) in [6.45, 7) is 6.43. The van der Waals surface area contributed by atoms with Gasteiger partial charge in [-0.25, -0.2) is 4.68 Å². The second-order valence-corrected chi connectivity index (χ2v) is 9.23. The minimum absolute atomic E-state index is 0.0569. The number of nitrogens with one attached hydrogen (secondary N) is 1. The first kappa shape index (κ1) is 26.1. The van der Waals surface area contributed by atoms with Crippen LogP contribution in [0.2, 0.25) is 0 Å². The van der Waals surface area contributed by atoms with Crippen molar-refractivity contribution >= 4 is 16.7 Å². The van der Waals surface area contributed by atoms with Crippen LogP contribution in [0.5, 0.6) is 0 Å². The van der Waals surface area contributed by atoms with Crippen LogP contribution in [-0.2, 0) is 17.5 Å². The van der Waals surface area contributed by atoms with Gasteiger partial charge in [0.25, 0.3) is 5.56 Å². The molecule has 0 radical (unpaired) electrons. The Bertz CT molecular complexity index is 1080. The Morgan fingerprint density at radius 2 is 1.97 bits per heavy atom. The Kier molecular flexibility index (Phi) is 7.99. The standard InChI is InChI=1S/C23H31F3N4O4/c1-13(2)21-17-10-15(23(24,25)26)4-5-16(17)22(34)30(28-21)12-20(33)27-18-11-29(8-6-14(3)31)9-7-19(18)32/h4-5,10,13-14,18-19,31-32H,6-9,11-12H2,1-3H3,(H,27,33)/t14-,18-,19+/m0/s1. The normalized spacial score (nSPS) is 20.6. The summed E-state index contributed by atoms with van der Waals surface area (Å²) in [7, 11) is 0. The van der Waals surface area contributed by atoms with Crippen molar-refractivity contribution < 1.29 is 28.2 Å². The fourth-order valence-corrected chi connectivity index (χ4v) is 4.13. The van der Waals surface area contributed by atoms with Gasteiger partial charge >= 0.3 is 6.18 Å². The molecule has 1 aromatic carbocycles. The van der Waals surface area contributed by atoms with Crippen LogP contribution in [-0.4, -0.2) is 68.7 Å². The van der Waals surface area contributed by atoms with Crippen molar-refractivity contribution in [1.82, 2.24) is 20.0 Å². The largest absolute Gasteiger partial charge is 0.416 e. The smallest absolute Gasteiger partial charge is 0.393 e. The van der Waals surface area contributed by atoms with E-state index >= 15 is 0 Å². The summed E-state index contributed by atoms with van der Waals surface area (Å²) in [5, 5.41) is 26.9. The van der Waals surface area contributed by atoms with E-state index in [1.54, 1.807) is 20.8 Å². The number of carbonyl (C=O) groups excluding carboxylic acids is 1. The number of benzene rings is 1. The number of aliphatic hydroxyl groups is 2. The van der Waals surface area contributed by atoms with Gasteiger partial charge in [-0.05, 0) is 43.9 Å². The highest BCUT2D eigenvalue weighted by molar-refractivity contribution is 5.85. The maximum Gasteiger partial charge on any atom is 0.416 e. The molecule has 3 rings (SSSR count). The average Bonchev–Trinajstić information content (AvgIpc) is 2.75. The Morgan fingerprint density at radius 1 is 1.26 bits per heavy atom. The van der Waals surface area contributed by atoms with E-state index in [0.717, 1.165) is 22.9 Å². The van der Waals surface area contributed by atoms with Crippen LogP contribution in [0.15, 0.2) is 23.0 Å². The fourth-order valence-electron chi connectivity index (χ4n) is 4.13. The number of halogens is 3. The second kappa shape index (κ2) is 10.4. The van der Waals surface area contributed by atoms with Crippen molar-refractivity contribution in [1.29, 1.82) is 0 Å². The molecule has 0 saturated carbocycles. The van der Waals surface area contributed by atoms with Crippen LogP contribution in [0.25, 0.3) is 10.8 Å². The van der Waals surface area contributed by atoms with Gasteiger partial charge < -0.3 is 20.4 Å². The third-order valence-corrected chi connectivity index (χ3v) is 6.03. The first-order chi connectivity index (χ1) is 15.9. The van der Waals surface area contributed by atoms with Gasteiger partial charge in [0, 0.05) is 25.0 Å². The molecule has 11 heteroatoms. The van der Waals surface area contributed by atoms with Crippen LogP contribution >= 0.6 is 0 Å². The number of aliphatic hydroxyl groups excluding tert-OH is 2. The zero-order chi connectivity index (χ0) is 25.2. The second-order valence-electron chi connectivity index (χ2n) is 9.23. The van der Waals surface area contributed by atoms with Gasteiger partial charge in [0.1, 0.15) is 6.54 Å². The van der Waals surface area contributed by atoms with E-state index in [1.807, 2.05) is 4.90 Å². The third kappa shape index (κ3) is 6.13. The van der Waals surface area contributed by atoms with Crippen molar-refractivity contribution in [3.05, 3.63) is 39.8 Å². The lowest BCUT2D eigenvalue weighted by molar-refractivity contribution is -0.137. The molecule has 3 N–H and O–H groups in total. The molecule has 3 atom stereocenters. The third-order valence-electron chi connectivity index (χ3n) is 6.03. The molecule has 1 aliphatic heterocycles. The molecule has 1 aliphatic rings. The zero-order valence-electron chi connectivity index (χ0n) is 19.5. The molecule has 2 aromatic rings. The molecule has 1 fully saturated rings. The highest BCUT2D eigenvalue weighted by atomic mass is 19.4. The zero-order valence-corrected chi connectivity index (χ0v) is 19.5. The Labute approximate surface area is 195 Å². The van der Waals surface area contributed by atoms with Gasteiger partial charge in [0.2, 0.25) is 5.91 Å². The molecule has 0 aliphatic carbocycles. The topological polar surface area (TPSA) is 108 Å². The van der Waals surface area contributed by atoms with Crippen LogP contribution in [0, 0.1) is 0 Å². The summed E-state index contributed by atoms with van der Waals surface area (Å²) in [5.41, 5.74) is -1.24. The van der Waals surface area contributed by atoms with E-state index in [1.165, 1.54) is 0 Å². The fraction of sp³-hybridized carbons (Fsp3) is 0.609. The van der Waals surface area contributed by atoms with E-state index in [0.29, 0.717) is 32.5 Å². The van der Waals surface area contributed by atoms with Crippen molar-refractivity contribution in [2.75, 3.05) is 19.6 Å². The van der Waals surface area contributed by atoms with Gasteiger partial charge in [-0.15, -0.1) is 0 Å². The van der Waals surface area contributed by atoms with E-state index in [2.05, 4.69) is 10.4 Å². The molecule has 1 aromatic heterocycles. The van der Waals surface area contributed by atoms with Crippen LogP contribution in [0.3, 0.4) is 0 Å². The maximum absolute atomic E-state index is 13.2. The van der Waals surface area contributed by atoms with E-state index in [4.69, 9.17) is 0 Å². The number of likely N-dealkylation sites (tertiary alicyclic amines) is 1. The van der Waals surface area contributed by atoms with Crippen molar-refractivity contribution in [2.24, 2.45) is 0 Å². The molecule has 0 bridgehead atoms. The predicted molar refractivity (Wildman–Crippen MR) is 120 cm³/mol. The number of carbonyl (C=O) groups is 1. The number of aromatic nitrogens is 2. The van der Waals surface area contributed by atoms with Gasteiger partial charge in [-0.2, -0.15) is 18.3 Å². The van der Waals surface area contributed by atoms with Crippen LogP contribution < -0.4 is 10.9 Å². The Morgan fingerprint density at radius 3 is 2.59 bits per heavy atom. The highest BCUT2D eigenvalue weighted by Crippen LogP contribution is 2.32. The number of piperidine rings is 1. The van der Waals surface area contributed by atoms with Crippen LogP contribution in [0.4, 0.5) is 13.2 Å². The minimum Gasteiger partial charge on any atom is -0.393 e. The SMILES string of the molecule is CC(C)c1nn(CC(=O)N[C@H]2CN(CC[C@H](C)O)CC[C@H]2O)c(=O)c2ccc(C(F)(F)F)cc12. The van der Waals surface area contributed by atoms with Gasteiger partial charge in [0.05, 0.1) is 34.9 Å². The first-order valence-corrected chi connectivity index (χ1v) is 11.4. The Hall–Kier alpha value is -2.50. The first-order valence-electron chi connectivity index (χ1n) is 11.4. The average molecular weight is 485 g/mol. The predicted octanol–water partition coefficient (Wildman–Crippen LogP) is 1.86. The monoisotopic (exact) mass is 484 g/mol. The molecule has 188 valence electrons. The molecular weight excluding hydrogens is 453 g/mol. The van der Waals surface area contributed by atoms with Crippen molar-refractivity contribution in [3.8, 4) is 0 Å². The molecule has 1 saturated heterocycles. The lowest BCUT2D eigenvalue weighted by Gasteiger charge is -2.36. The Balaban J connectivity index is 1.82. The van der Waals surface area contributed by atoms with Crippen molar-refractivity contribution in [2.45, 2.75) is 70.5 Å². The summed E-state index contributed by atoms with van der Waals surface area (Å²) >= 11 is 0. The number of hydrogen-bond donors (Lipinski definition) is 3. The molecule has 0 spiro atoms. The number of fused-ring (bicyclic) bond motifs is 1. The molecule has 8 nitrogen and oxygen atoms in total. The summed E-state index contributed by atoms with van der Waals surface area (Å²) < 4.78 is 40.5. The number of nitrogens with zero attached hydrogens (tertiary/aromatic N) is 3. The minimum atomic E-state index is -4.55. The number of amides is 1. The molecule has 0 unspecified atom stereocenters. The van der Waals surface area contributed by atoms with E-state index < -0.39 is 48.0 Å². The lowest BCUT2D eigenvalue weighted by Crippen LogP contribution is -2.56. The van der Waals surface area contributed by atoms with Gasteiger partial charge in [-0.3, -0.25) is 9.59 Å². The summed E-state index contributed by atoms with van der Waals surface area (Å²) in [6.07, 6.45) is -4.73. The lowest BCUT2D eigenvalue weighted by atomic mass is 10.0. The van der Waals surface area contributed by atoms with E-state index in [9.17, 15) is 33.0 Å². The van der Waals surface area contributed by atoms with Gasteiger partial charge in [-0.1, -0.05) is 13.8 Å². The van der Waals surface area contributed by atoms with Gasteiger partial charge in [0.15, 0.2) is 0 Å². The van der Waals surface area contributed by atoms with E-state index in [-0.39, 0.29) is 22.4 Å². The molecule has 2 heterocycles. The number of rotatable bonds is 7. The number of hydrogen-bond acceptors (Lipinski definition) is 6. The summed E-state index contributed by atoms with van der Waals surface area (Å²) in [6, 6.07) is 2.33.